The van der Waals surface area contributed by atoms with Crippen molar-refractivity contribution in [2.24, 2.45) is 0 Å². The van der Waals surface area contributed by atoms with E-state index in [4.69, 9.17) is 4.74 Å². The van der Waals surface area contributed by atoms with E-state index in [-0.39, 0.29) is 18.0 Å². The molecule has 0 atom stereocenters. The molecular weight excluding hydrogens is 374 g/mol. The summed E-state index contributed by atoms with van der Waals surface area (Å²) in [6.45, 7) is 0.477. The lowest BCUT2D eigenvalue weighted by atomic mass is 9.83. The van der Waals surface area contributed by atoms with Crippen molar-refractivity contribution in [3.8, 4) is 5.75 Å². The largest absolute Gasteiger partial charge is 0.493 e. The van der Waals surface area contributed by atoms with Crippen molar-refractivity contribution in [1.29, 1.82) is 0 Å². The molecule has 0 N–H and O–H groups in total. The van der Waals surface area contributed by atoms with E-state index in [1.54, 1.807) is 42.5 Å². The molecule has 5 heteroatoms. The Balaban J connectivity index is 1.47. The maximum absolute atomic E-state index is 12.9. The summed E-state index contributed by atoms with van der Waals surface area (Å²) in [5, 5.41) is 0. The van der Waals surface area contributed by atoms with Crippen LogP contribution in [0.4, 0.5) is 8.78 Å². The predicted octanol–water partition coefficient (Wildman–Crippen LogP) is 6.23. The Labute approximate surface area is 170 Å². The Kier molecular flexibility index (Phi) is 7.50. The highest BCUT2D eigenvalue weighted by atomic mass is 19.3. The average Bonchev–Trinajstić information content (AvgIpc) is 2.73. The fourth-order valence-electron chi connectivity index (χ4n) is 3.70. The Morgan fingerprint density at radius 1 is 0.690 bits per heavy atom. The van der Waals surface area contributed by atoms with Gasteiger partial charge in [-0.25, -0.2) is 8.78 Å². The average molecular weight is 400 g/mol. The minimum atomic E-state index is -2.19. The van der Waals surface area contributed by atoms with Crippen LogP contribution in [0.1, 0.15) is 83.2 Å². The molecule has 0 saturated carbocycles. The van der Waals surface area contributed by atoms with Gasteiger partial charge in [-0.05, 0) is 18.9 Å². The molecule has 2 aromatic carbocycles. The van der Waals surface area contributed by atoms with Gasteiger partial charge in [0, 0.05) is 23.1 Å². The lowest BCUT2D eigenvalue weighted by molar-refractivity contribution is 0.0975. The zero-order valence-corrected chi connectivity index (χ0v) is 16.5. The molecule has 0 saturated heterocycles. The molecule has 0 bridgehead atoms. The highest BCUT2D eigenvalue weighted by Crippen LogP contribution is 2.33. The zero-order chi connectivity index (χ0) is 20.6. The normalized spacial score (nSPS) is 12.8. The van der Waals surface area contributed by atoms with Crippen molar-refractivity contribution in [3.05, 3.63) is 64.7 Å². The second-order valence-corrected chi connectivity index (χ2v) is 7.39. The summed E-state index contributed by atoms with van der Waals surface area (Å²) in [4.78, 5) is 25.6. The molecule has 0 spiro atoms. The van der Waals surface area contributed by atoms with Crippen molar-refractivity contribution in [2.75, 3.05) is 6.61 Å². The van der Waals surface area contributed by atoms with Gasteiger partial charge in [0.25, 0.3) is 0 Å². The molecule has 154 valence electrons. The van der Waals surface area contributed by atoms with Gasteiger partial charge in [0.15, 0.2) is 11.6 Å². The summed E-state index contributed by atoms with van der Waals surface area (Å²) < 4.78 is 30.0. The number of carbonyl (C=O) groups excluding carboxylic acids is 2. The van der Waals surface area contributed by atoms with Gasteiger partial charge in [-0.3, -0.25) is 9.59 Å². The molecular formula is C24H26F2O3. The smallest absolute Gasteiger partial charge is 0.238 e. The van der Waals surface area contributed by atoms with Crippen molar-refractivity contribution < 1.29 is 23.1 Å². The zero-order valence-electron chi connectivity index (χ0n) is 16.5. The van der Waals surface area contributed by atoms with Gasteiger partial charge < -0.3 is 4.74 Å². The first-order chi connectivity index (χ1) is 14.1. The number of ketones is 2. The first-order valence-electron chi connectivity index (χ1n) is 10.3. The minimum absolute atomic E-state index is 0.000928. The Morgan fingerprint density at radius 2 is 1.28 bits per heavy atom. The van der Waals surface area contributed by atoms with Crippen LogP contribution in [0.5, 0.6) is 5.75 Å². The van der Waals surface area contributed by atoms with Gasteiger partial charge in [0.05, 0.1) is 12.2 Å². The molecule has 29 heavy (non-hydrogen) atoms. The molecule has 1 aliphatic rings. The molecule has 2 aromatic rings. The molecule has 0 aromatic heterocycles. The van der Waals surface area contributed by atoms with E-state index in [9.17, 15) is 18.4 Å². The summed E-state index contributed by atoms with van der Waals surface area (Å²) >= 11 is 0. The van der Waals surface area contributed by atoms with Crippen LogP contribution in [0, 0.1) is 0 Å². The second-order valence-electron chi connectivity index (χ2n) is 7.39. The Bertz CT molecular complexity index is 861. The van der Waals surface area contributed by atoms with Crippen molar-refractivity contribution in [2.45, 2.75) is 57.8 Å². The van der Waals surface area contributed by atoms with E-state index in [0.717, 1.165) is 38.5 Å². The van der Waals surface area contributed by atoms with Crippen LogP contribution >= 0.6 is 0 Å². The monoisotopic (exact) mass is 400 g/mol. The van der Waals surface area contributed by atoms with Gasteiger partial charge >= 0.3 is 0 Å². The number of unbranched alkanes of at least 4 members (excludes halogenated alkanes) is 6. The van der Waals surface area contributed by atoms with E-state index in [0.29, 0.717) is 41.0 Å². The Morgan fingerprint density at radius 3 is 1.97 bits per heavy atom. The first-order valence-corrected chi connectivity index (χ1v) is 10.3. The molecule has 0 fully saturated rings. The lowest BCUT2D eigenvalue weighted by Crippen LogP contribution is -2.21. The van der Waals surface area contributed by atoms with Crippen LogP contribution in [-0.2, 0) is 0 Å². The van der Waals surface area contributed by atoms with Crippen LogP contribution in [0.3, 0.4) is 0 Å². The first kappa shape index (κ1) is 21.2. The molecule has 0 heterocycles. The summed E-state index contributed by atoms with van der Waals surface area (Å²) in [5.74, 6) is 0.143. The number of carbonyl (C=O) groups is 2. The standard InChI is InChI=1S/C24H26F2O3/c25-21(26)15-6-4-2-1-3-5-9-16-29-20-14-10-13-19-22(20)24(28)18-12-8-7-11-17(18)23(19)27/h7-8,10-14,21H,1-6,9,15-16H2. The van der Waals surface area contributed by atoms with E-state index in [1.807, 2.05) is 0 Å². The van der Waals surface area contributed by atoms with Crippen molar-refractivity contribution in [1.82, 2.24) is 0 Å². The van der Waals surface area contributed by atoms with E-state index >= 15 is 0 Å². The topological polar surface area (TPSA) is 43.4 Å². The predicted molar refractivity (Wildman–Crippen MR) is 108 cm³/mol. The van der Waals surface area contributed by atoms with Crippen LogP contribution < -0.4 is 4.74 Å². The molecule has 0 aliphatic heterocycles. The van der Waals surface area contributed by atoms with Crippen molar-refractivity contribution in [3.63, 3.8) is 0 Å². The number of fused-ring (bicyclic) bond motifs is 2. The Hall–Kier alpha value is -2.56. The van der Waals surface area contributed by atoms with E-state index in [2.05, 4.69) is 0 Å². The number of hydrogen-bond donors (Lipinski definition) is 0. The third-order valence-electron chi connectivity index (χ3n) is 5.24. The molecule has 3 rings (SSSR count). The summed E-state index contributed by atoms with van der Waals surface area (Å²) in [6.07, 6.45) is 4.15. The molecule has 3 nitrogen and oxygen atoms in total. The molecule has 1 aliphatic carbocycles. The van der Waals surface area contributed by atoms with Crippen LogP contribution in [0.15, 0.2) is 42.5 Å². The maximum Gasteiger partial charge on any atom is 0.238 e. The number of rotatable bonds is 11. The number of hydrogen-bond acceptors (Lipinski definition) is 3. The fraction of sp³-hybridized carbons (Fsp3) is 0.417. The quantitative estimate of drug-likeness (QED) is 0.359. The van der Waals surface area contributed by atoms with Crippen LogP contribution in [-0.4, -0.2) is 24.6 Å². The minimum Gasteiger partial charge on any atom is -0.493 e. The third-order valence-corrected chi connectivity index (χ3v) is 5.24. The number of halogens is 2. The van der Waals surface area contributed by atoms with Gasteiger partial charge in [0.1, 0.15) is 5.75 Å². The number of alkyl halides is 2. The summed E-state index contributed by atoms with van der Waals surface area (Å²) in [7, 11) is 0. The number of benzene rings is 2. The number of ether oxygens (including phenoxy) is 1. The second kappa shape index (κ2) is 10.3. The summed E-state index contributed by atoms with van der Waals surface area (Å²) in [5.41, 5.74) is 1.62. The van der Waals surface area contributed by atoms with Gasteiger partial charge in [-0.1, -0.05) is 68.5 Å². The lowest BCUT2D eigenvalue weighted by Gasteiger charge is -2.20. The highest BCUT2D eigenvalue weighted by molar-refractivity contribution is 6.29. The van der Waals surface area contributed by atoms with E-state index in [1.165, 1.54) is 0 Å². The fourth-order valence-corrected chi connectivity index (χ4v) is 3.70. The highest BCUT2D eigenvalue weighted by Gasteiger charge is 2.31. The summed E-state index contributed by atoms with van der Waals surface area (Å²) in [6, 6.07) is 12.0. The van der Waals surface area contributed by atoms with Crippen molar-refractivity contribution >= 4 is 11.6 Å². The molecule has 0 amide bonds. The molecule has 0 unspecified atom stereocenters. The van der Waals surface area contributed by atoms with Gasteiger partial charge in [-0.2, -0.15) is 0 Å². The maximum atomic E-state index is 12.9. The third kappa shape index (κ3) is 5.28. The van der Waals surface area contributed by atoms with Gasteiger partial charge in [-0.15, -0.1) is 0 Å². The van der Waals surface area contributed by atoms with Crippen LogP contribution in [0.25, 0.3) is 0 Å². The SMILES string of the molecule is O=C1c2ccccc2C(=O)c2c(OCCCCCCCCCC(F)F)cccc21. The molecule has 0 radical (unpaired) electrons. The van der Waals surface area contributed by atoms with Gasteiger partial charge in [0.2, 0.25) is 6.43 Å². The van der Waals surface area contributed by atoms with E-state index < -0.39 is 6.43 Å². The van der Waals surface area contributed by atoms with Crippen LogP contribution in [0.2, 0.25) is 0 Å².